The molecule has 11 nitrogen and oxygen atoms in total. The van der Waals surface area contributed by atoms with Gasteiger partial charge in [0.05, 0.1) is 48.2 Å². The SMILES string of the molecule is COc1cc2c(c(OC)c1OC)-c1c(cc(OC)c(OC)c1OC)C(OC(=O)c1ccccc1)C(C)(O)C(C)C2OC(C)=O. The van der Waals surface area contributed by atoms with Crippen LogP contribution in [0.2, 0.25) is 0 Å². The van der Waals surface area contributed by atoms with Crippen LogP contribution >= 0.6 is 0 Å². The molecule has 0 saturated heterocycles. The highest BCUT2D eigenvalue weighted by Crippen LogP contribution is 2.60. The van der Waals surface area contributed by atoms with Crippen molar-refractivity contribution in [3.05, 3.63) is 59.2 Å². The van der Waals surface area contributed by atoms with E-state index < -0.39 is 35.7 Å². The molecule has 0 aliphatic heterocycles. The standard InChI is InChI=1S/C33H38O11/c1-17-26(43-18(2)34)20-15-22(37-4)27(39-6)29(41-8)24(20)25-21(16-23(38-5)28(40-7)30(25)42-9)31(33(17,3)36)44-32(35)19-13-11-10-12-14-19/h10-17,26,31,36H,1-9H3. The third-order valence-electron chi connectivity index (χ3n) is 7.99. The Balaban J connectivity index is 2.25. The van der Waals surface area contributed by atoms with E-state index in [-0.39, 0.29) is 34.3 Å². The molecule has 1 N–H and O–H groups in total. The van der Waals surface area contributed by atoms with Crippen molar-refractivity contribution in [3.63, 3.8) is 0 Å². The molecule has 0 amide bonds. The fourth-order valence-electron chi connectivity index (χ4n) is 5.70. The normalized spacial score (nSPS) is 20.5. The van der Waals surface area contributed by atoms with Gasteiger partial charge in [-0.3, -0.25) is 4.79 Å². The zero-order valence-corrected chi connectivity index (χ0v) is 26.3. The van der Waals surface area contributed by atoms with Crippen molar-refractivity contribution in [2.24, 2.45) is 5.92 Å². The molecule has 4 atom stereocenters. The summed E-state index contributed by atoms with van der Waals surface area (Å²) in [5, 5.41) is 12.4. The number of methoxy groups -OCH3 is 6. The highest BCUT2D eigenvalue weighted by atomic mass is 16.6. The van der Waals surface area contributed by atoms with E-state index in [1.807, 2.05) is 0 Å². The van der Waals surface area contributed by atoms with E-state index in [9.17, 15) is 14.7 Å². The molecule has 4 unspecified atom stereocenters. The Hall–Kier alpha value is -4.64. The predicted molar refractivity (Wildman–Crippen MR) is 160 cm³/mol. The number of carbonyl (C=O) groups excluding carboxylic acids is 2. The summed E-state index contributed by atoms with van der Waals surface area (Å²) in [6, 6.07) is 11.7. The first-order valence-electron chi connectivity index (χ1n) is 13.8. The smallest absolute Gasteiger partial charge is 0.338 e. The van der Waals surface area contributed by atoms with Gasteiger partial charge in [-0.25, -0.2) is 4.79 Å². The molecule has 1 aliphatic carbocycles. The van der Waals surface area contributed by atoms with Crippen LogP contribution in [0.1, 0.15) is 54.5 Å². The van der Waals surface area contributed by atoms with Gasteiger partial charge >= 0.3 is 11.9 Å². The molecule has 44 heavy (non-hydrogen) atoms. The summed E-state index contributed by atoms with van der Waals surface area (Å²) in [5.41, 5.74) is -0.133. The van der Waals surface area contributed by atoms with Crippen LogP contribution in [0.3, 0.4) is 0 Å². The minimum Gasteiger partial charge on any atom is -0.493 e. The molecule has 1 aliphatic rings. The lowest BCUT2D eigenvalue weighted by Crippen LogP contribution is -2.46. The first-order valence-corrected chi connectivity index (χ1v) is 13.8. The number of esters is 2. The van der Waals surface area contributed by atoms with E-state index in [0.717, 1.165) is 0 Å². The Kier molecular flexibility index (Phi) is 9.48. The third-order valence-corrected chi connectivity index (χ3v) is 7.99. The van der Waals surface area contributed by atoms with Crippen molar-refractivity contribution < 1.29 is 52.6 Å². The van der Waals surface area contributed by atoms with Gasteiger partial charge in [-0.1, -0.05) is 25.1 Å². The largest absolute Gasteiger partial charge is 0.493 e. The van der Waals surface area contributed by atoms with Gasteiger partial charge in [-0.05, 0) is 31.2 Å². The Morgan fingerprint density at radius 2 is 1.18 bits per heavy atom. The molecule has 4 rings (SSSR count). The second-order valence-corrected chi connectivity index (χ2v) is 10.4. The van der Waals surface area contributed by atoms with Crippen LogP contribution in [0, 0.1) is 5.92 Å². The lowest BCUT2D eigenvalue weighted by atomic mass is 9.71. The van der Waals surface area contributed by atoms with Gasteiger partial charge in [-0.2, -0.15) is 0 Å². The number of benzene rings is 3. The Morgan fingerprint density at radius 1 is 0.705 bits per heavy atom. The predicted octanol–water partition coefficient (Wildman–Crippen LogP) is 5.31. The van der Waals surface area contributed by atoms with Crippen LogP contribution in [0.5, 0.6) is 34.5 Å². The number of fused-ring (bicyclic) bond motifs is 3. The molecule has 0 radical (unpaired) electrons. The molecule has 3 aromatic rings. The van der Waals surface area contributed by atoms with Crippen LogP contribution in [0.4, 0.5) is 0 Å². The third kappa shape index (κ3) is 5.43. The van der Waals surface area contributed by atoms with E-state index >= 15 is 0 Å². The van der Waals surface area contributed by atoms with Crippen LogP contribution < -0.4 is 28.4 Å². The van der Waals surface area contributed by atoms with E-state index in [1.54, 1.807) is 49.4 Å². The van der Waals surface area contributed by atoms with Gasteiger partial charge < -0.3 is 43.0 Å². The van der Waals surface area contributed by atoms with Gasteiger partial charge in [0.25, 0.3) is 0 Å². The van der Waals surface area contributed by atoms with Crippen molar-refractivity contribution in [1.82, 2.24) is 0 Å². The minimum absolute atomic E-state index is 0.182. The maximum absolute atomic E-state index is 13.6. The quantitative estimate of drug-likeness (QED) is 0.317. The molecule has 3 aromatic carbocycles. The molecule has 11 heteroatoms. The van der Waals surface area contributed by atoms with Crippen LogP contribution in [0.25, 0.3) is 11.1 Å². The lowest BCUT2D eigenvalue weighted by molar-refractivity contribution is -0.166. The minimum atomic E-state index is -1.85. The number of carbonyl (C=O) groups is 2. The van der Waals surface area contributed by atoms with Crippen LogP contribution in [0.15, 0.2) is 42.5 Å². The average molecular weight is 611 g/mol. The Labute approximate surface area is 256 Å². The highest BCUT2D eigenvalue weighted by Gasteiger charge is 2.51. The molecule has 236 valence electrons. The van der Waals surface area contributed by atoms with Crippen molar-refractivity contribution in [1.29, 1.82) is 0 Å². The summed E-state index contributed by atoms with van der Waals surface area (Å²) < 4.78 is 46.8. The first kappa shape index (κ1) is 32.3. The van der Waals surface area contributed by atoms with Crippen LogP contribution in [-0.2, 0) is 14.3 Å². The molecule has 0 aromatic heterocycles. The molecule has 0 bridgehead atoms. The molecule has 0 heterocycles. The van der Waals surface area contributed by atoms with Crippen molar-refractivity contribution in [2.75, 3.05) is 42.7 Å². The number of rotatable bonds is 9. The molecule has 0 spiro atoms. The molecular formula is C33H38O11. The van der Waals surface area contributed by atoms with Crippen molar-refractivity contribution >= 4 is 11.9 Å². The zero-order valence-electron chi connectivity index (χ0n) is 26.3. The summed E-state index contributed by atoms with van der Waals surface area (Å²) in [5.74, 6) is -0.742. The van der Waals surface area contributed by atoms with E-state index in [4.69, 9.17) is 37.9 Å². The van der Waals surface area contributed by atoms with Gasteiger partial charge in [-0.15, -0.1) is 0 Å². The fourth-order valence-corrected chi connectivity index (χ4v) is 5.70. The fraction of sp³-hybridized carbons (Fsp3) is 0.394. The average Bonchev–Trinajstić information content (AvgIpc) is 3.03. The number of aliphatic hydroxyl groups is 1. The summed E-state index contributed by atoms with van der Waals surface area (Å²) in [6.45, 7) is 4.49. The molecule has 0 fully saturated rings. The highest BCUT2D eigenvalue weighted by molar-refractivity contribution is 5.92. The monoisotopic (exact) mass is 610 g/mol. The van der Waals surface area contributed by atoms with Gasteiger partial charge in [0.1, 0.15) is 11.7 Å². The van der Waals surface area contributed by atoms with Gasteiger partial charge in [0.2, 0.25) is 11.5 Å². The maximum atomic E-state index is 13.6. The summed E-state index contributed by atoms with van der Waals surface area (Å²) >= 11 is 0. The van der Waals surface area contributed by atoms with Crippen LogP contribution in [-0.4, -0.2) is 65.3 Å². The summed E-state index contributed by atoms with van der Waals surface area (Å²) in [4.78, 5) is 26.2. The topological polar surface area (TPSA) is 128 Å². The van der Waals surface area contributed by atoms with Crippen molar-refractivity contribution in [3.8, 4) is 45.6 Å². The van der Waals surface area contributed by atoms with Crippen molar-refractivity contribution in [2.45, 2.75) is 38.6 Å². The summed E-state index contributed by atoms with van der Waals surface area (Å²) in [6.07, 6.45) is -2.44. The van der Waals surface area contributed by atoms with Gasteiger partial charge in [0, 0.05) is 35.1 Å². The second kappa shape index (κ2) is 12.9. The second-order valence-electron chi connectivity index (χ2n) is 10.4. The lowest BCUT2D eigenvalue weighted by Gasteiger charge is -2.44. The van der Waals surface area contributed by atoms with E-state index in [1.165, 1.54) is 56.5 Å². The number of hydrogen-bond acceptors (Lipinski definition) is 11. The van der Waals surface area contributed by atoms with E-state index in [0.29, 0.717) is 28.0 Å². The number of ether oxygens (including phenoxy) is 8. The molecule has 0 saturated carbocycles. The Morgan fingerprint density at radius 3 is 1.64 bits per heavy atom. The summed E-state index contributed by atoms with van der Waals surface area (Å²) in [7, 11) is 8.74. The first-order chi connectivity index (χ1) is 21.0. The molecular weight excluding hydrogens is 572 g/mol. The Bertz CT molecular complexity index is 1530. The zero-order chi connectivity index (χ0) is 32.3. The van der Waals surface area contributed by atoms with E-state index in [2.05, 4.69) is 0 Å². The maximum Gasteiger partial charge on any atom is 0.338 e. The number of hydrogen-bond donors (Lipinski definition) is 1. The van der Waals surface area contributed by atoms with Gasteiger partial charge in [0.15, 0.2) is 29.1 Å².